The Balaban J connectivity index is 1.47. The normalized spacial score (nSPS) is 18.2. The number of nitrogens with one attached hydrogen (secondary N) is 2. The summed E-state index contributed by atoms with van der Waals surface area (Å²) in [6.07, 6.45) is 4.00. The van der Waals surface area contributed by atoms with E-state index in [1.807, 2.05) is 24.3 Å². The molecule has 1 aliphatic heterocycles. The van der Waals surface area contributed by atoms with E-state index in [9.17, 15) is 14.4 Å². The molecule has 1 aliphatic carbocycles. The first-order chi connectivity index (χ1) is 13.5. The number of hydrazine groups is 1. The monoisotopic (exact) mass is 400 g/mol. The molecule has 28 heavy (non-hydrogen) atoms. The Bertz CT molecular complexity index is 918. The molecule has 1 spiro atoms. The first-order valence-corrected chi connectivity index (χ1v) is 9.98. The fourth-order valence-corrected chi connectivity index (χ4v) is 4.43. The van der Waals surface area contributed by atoms with Crippen LogP contribution in [0, 0.1) is 0 Å². The Labute approximate surface area is 165 Å². The molecule has 4 rings (SSSR count). The predicted molar refractivity (Wildman–Crippen MR) is 103 cm³/mol. The first kappa shape index (κ1) is 18.4. The number of ether oxygens (including phenoxy) is 1. The molecule has 2 N–H and O–H groups in total. The van der Waals surface area contributed by atoms with Crippen LogP contribution < -0.4 is 15.5 Å². The van der Waals surface area contributed by atoms with Gasteiger partial charge in [0.05, 0.1) is 7.11 Å². The number of nitrogens with zero attached hydrogens (tertiary/aromatic N) is 2. The third-order valence-corrected chi connectivity index (χ3v) is 6.05. The second-order valence-electron chi connectivity index (χ2n) is 6.92. The van der Waals surface area contributed by atoms with Gasteiger partial charge in [-0.2, -0.15) is 5.01 Å². The zero-order valence-corrected chi connectivity index (χ0v) is 16.2. The number of thiazole rings is 1. The van der Waals surface area contributed by atoms with Gasteiger partial charge >= 0.3 is 6.03 Å². The molecule has 0 bridgehead atoms. The summed E-state index contributed by atoms with van der Waals surface area (Å²) in [6.45, 7) is 0. The summed E-state index contributed by atoms with van der Waals surface area (Å²) >= 11 is 1.31. The van der Waals surface area contributed by atoms with E-state index >= 15 is 0 Å². The van der Waals surface area contributed by atoms with Gasteiger partial charge in [0.2, 0.25) is 0 Å². The molecule has 2 aliphatic rings. The summed E-state index contributed by atoms with van der Waals surface area (Å²) < 4.78 is 5.13. The van der Waals surface area contributed by atoms with Crippen LogP contribution in [-0.4, -0.2) is 40.5 Å². The van der Waals surface area contributed by atoms with Gasteiger partial charge in [-0.3, -0.25) is 15.0 Å². The fourth-order valence-electron chi connectivity index (χ4n) is 3.62. The summed E-state index contributed by atoms with van der Waals surface area (Å²) in [4.78, 5) is 41.9. The maximum atomic E-state index is 12.7. The van der Waals surface area contributed by atoms with Crippen molar-refractivity contribution in [2.75, 3.05) is 7.11 Å². The van der Waals surface area contributed by atoms with Crippen molar-refractivity contribution in [3.05, 3.63) is 35.3 Å². The molecule has 0 radical (unpaired) electrons. The van der Waals surface area contributed by atoms with Crippen molar-refractivity contribution in [2.45, 2.75) is 37.6 Å². The van der Waals surface area contributed by atoms with Crippen molar-refractivity contribution < 1.29 is 19.1 Å². The molecule has 1 aromatic carbocycles. The molecule has 0 atom stereocenters. The number of carbonyl (C=O) groups is 3. The van der Waals surface area contributed by atoms with Gasteiger partial charge in [0.1, 0.15) is 22.0 Å². The molecule has 2 heterocycles. The van der Waals surface area contributed by atoms with E-state index in [1.54, 1.807) is 12.5 Å². The Morgan fingerprint density at radius 3 is 2.61 bits per heavy atom. The maximum absolute atomic E-state index is 12.7. The molecule has 4 amide bonds. The van der Waals surface area contributed by atoms with Gasteiger partial charge in [-0.15, -0.1) is 11.3 Å². The Kier molecular flexibility index (Phi) is 4.76. The van der Waals surface area contributed by atoms with Gasteiger partial charge in [0.25, 0.3) is 11.8 Å². The maximum Gasteiger partial charge on any atom is 0.344 e. The number of imide groups is 1. The zero-order chi connectivity index (χ0) is 19.7. The molecule has 1 saturated heterocycles. The summed E-state index contributed by atoms with van der Waals surface area (Å²) in [5, 5.41) is 5.81. The van der Waals surface area contributed by atoms with Crippen LogP contribution in [0.2, 0.25) is 0 Å². The number of hydrogen-bond donors (Lipinski definition) is 2. The minimum absolute atomic E-state index is 0.154. The average Bonchev–Trinajstić information content (AvgIpc) is 3.29. The number of methoxy groups -OCH3 is 1. The Hall–Kier alpha value is -2.94. The van der Waals surface area contributed by atoms with Crippen LogP contribution in [0.25, 0.3) is 10.6 Å². The van der Waals surface area contributed by atoms with Gasteiger partial charge < -0.3 is 10.1 Å². The van der Waals surface area contributed by atoms with Gasteiger partial charge in [-0.1, -0.05) is 19.3 Å². The molecule has 1 saturated carbocycles. The van der Waals surface area contributed by atoms with Crippen molar-refractivity contribution >= 4 is 29.2 Å². The van der Waals surface area contributed by atoms with Gasteiger partial charge in [-0.05, 0) is 37.1 Å². The minimum atomic E-state index is -0.876. The molecule has 2 aromatic rings. The standard InChI is InChI=1S/C19H20N4O4S/c1-27-13-7-5-12(6-8-13)16-20-14(11-28-16)15(24)22-23-17(25)19(21-18(23)26)9-3-2-4-10-19/h5-8,11H,2-4,9-10H2,1H3,(H,21,26)(H,22,24). The highest BCUT2D eigenvalue weighted by molar-refractivity contribution is 7.13. The topological polar surface area (TPSA) is 101 Å². The third-order valence-electron chi connectivity index (χ3n) is 5.16. The van der Waals surface area contributed by atoms with Crippen LogP contribution in [0.4, 0.5) is 4.79 Å². The molecule has 9 heteroatoms. The second kappa shape index (κ2) is 7.23. The van der Waals surface area contributed by atoms with Crippen LogP contribution in [0.3, 0.4) is 0 Å². The van der Waals surface area contributed by atoms with Gasteiger partial charge in [0.15, 0.2) is 0 Å². The number of urea groups is 1. The average molecular weight is 400 g/mol. The van der Waals surface area contributed by atoms with Crippen molar-refractivity contribution in [1.82, 2.24) is 20.7 Å². The Morgan fingerprint density at radius 1 is 1.21 bits per heavy atom. The highest BCUT2D eigenvalue weighted by Crippen LogP contribution is 2.33. The minimum Gasteiger partial charge on any atom is -0.497 e. The number of aromatic nitrogens is 1. The first-order valence-electron chi connectivity index (χ1n) is 9.10. The number of benzene rings is 1. The van der Waals surface area contributed by atoms with Gasteiger partial charge in [0, 0.05) is 10.9 Å². The second-order valence-corrected chi connectivity index (χ2v) is 7.78. The van der Waals surface area contributed by atoms with Crippen molar-refractivity contribution in [1.29, 1.82) is 0 Å². The summed E-state index contributed by atoms with van der Waals surface area (Å²) in [7, 11) is 1.59. The van der Waals surface area contributed by atoms with E-state index in [1.165, 1.54) is 11.3 Å². The predicted octanol–water partition coefficient (Wildman–Crippen LogP) is 2.72. The van der Waals surface area contributed by atoms with Crippen molar-refractivity contribution in [3.8, 4) is 16.3 Å². The molecule has 0 unspecified atom stereocenters. The molecule has 2 fully saturated rings. The summed E-state index contributed by atoms with van der Waals surface area (Å²) in [6, 6.07) is 6.74. The lowest BCUT2D eigenvalue weighted by Crippen LogP contribution is -2.51. The molecule has 8 nitrogen and oxygen atoms in total. The van der Waals surface area contributed by atoms with Crippen LogP contribution in [0.15, 0.2) is 29.6 Å². The molecular formula is C19H20N4O4S. The highest BCUT2D eigenvalue weighted by atomic mass is 32.1. The van der Waals surface area contributed by atoms with E-state index in [2.05, 4.69) is 15.7 Å². The highest BCUT2D eigenvalue weighted by Gasteiger charge is 2.52. The van der Waals surface area contributed by atoms with E-state index < -0.39 is 23.4 Å². The van der Waals surface area contributed by atoms with Crippen LogP contribution >= 0.6 is 11.3 Å². The third kappa shape index (κ3) is 3.22. The summed E-state index contributed by atoms with van der Waals surface area (Å²) in [5.41, 5.74) is 2.53. The van der Waals surface area contributed by atoms with Crippen LogP contribution in [0.1, 0.15) is 42.6 Å². The lowest BCUT2D eigenvalue weighted by molar-refractivity contribution is -0.134. The van der Waals surface area contributed by atoms with E-state index in [4.69, 9.17) is 4.74 Å². The lowest BCUT2D eigenvalue weighted by atomic mass is 9.82. The van der Waals surface area contributed by atoms with E-state index in [0.29, 0.717) is 17.8 Å². The summed E-state index contributed by atoms with van der Waals surface area (Å²) in [5.74, 6) is -0.253. The van der Waals surface area contributed by atoms with Crippen molar-refractivity contribution in [3.63, 3.8) is 0 Å². The van der Waals surface area contributed by atoms with Crippen molar-refractivity contribution in [2.24, 2.45) is 0 Å². The number of amides is 4. The Morgan fingerprint density at radius 2 is 1.93 bits per heavy atom. The number of hydrogen-bond acceptors (Lipinski definition) is 6. The van der Waals surface area contributed by atoms with Crippen LogP contribution in [0.5, 0.6) is 5.75 Å². The quantitative estimate of drug-likeness (QED) is 0.769. The zero-order valence-electron chi connectivity index (χ0n) is 15.4. The number of rotatable bonds is 4. The van der Waals surface area contributed by atoms with E-state index in [-0.39, 0.29) is 5.69 Å². The van der Waals surface area contributed by atoms with Gasteiger partial charge in [-0.25, -0.2) is 9.78 Å². The van der Waals surface area contributed by atoms with Crippen LogP contribution in [-0.2, 0) is 4.79 Å². The molecular weight excluding hydrogens is 380 g/mol. The smallest absolute Gasteiger partial charge is 0.344 e. The lowest BCUT2D eigenvalue weighted by Gasteiger charge is -2.30. The molecule has 146 valence electrons. The SMILES string of the molecule is COc1ccc(-c2nc(C(=O)NN3C(=O)NC4(CCCCC4)C3=O)cs2)cc1. The fraction of sp³-hybridized carbons (Fsp3) is 0.368. The largest absolute Gasteiger partial charge is 0.497 e. The van der Waals surface area contributed by atoms with E-state index in [0.717, 1.165) is 35.6 Å². The molecule has 1 aromatic heterocycles. The number of carbonyl (C=O) groups excluding carboxylic acids is 3.